The minimum Gasteiger partial charge on any atom is -0.316 e. The first kappa shape index (κ1) is 20.5. The maximum Gasteiger partial charge on any atom is 0.263 e. The number of aryl methyl sites for hydroxylation is 1. The molecule has 3 aromatic rings. The van der Waals surface area contributed by atoms with Gasteiger partial charge in [0.15, 0.2) is 14.6 Å². The monoisotopic (exact) mass is 416 g/mol. The molecule has 0 N–H and O–H groups in total. The number of carbonyl (C=O) groups excluding carboxylic acids is 1. The van der Waals surface area contributed by atoms with Crippen LogP contribution in [0.5, 0.6) is 0 Å². The molecule has 7 heteroatoms. The second-order valence-corrected chi connectivity index (χ2v) is 9.99. The quantitative estimate of drug-likeness (QED) is 0.606. The number of benzene rings is 2. The molecule has 148 valence electrons. The normalized spacial score (nSPS) is 12.8. The van der Waals surface area contributed by atoms with Crippen molar-refractivity contribution in [3.05, 3.63) is 58.9 Å². The Morgan fingerprint density at radius 3 is 2.50 bits per heavy atom. The molecular formula is C21H24N2O3S2. The SMILES string of the molecule is CCCn1c(=NC(=O)CS(=O)(=O)c2ccccc2)sc2cc(C(C)C)ccc21. The third-order valence-electron chi connectivity index (χ3n) is 4.46. The largest absolute Gasteiger partial charge is 0.316 e. The van der Waals surface area contributed by atoms with Gasteiger partial charge in [-0.3, -0.25) is 4.79 Å². The lowest BCUT2D eigenvalue weighted by molar-refractivity contribution is -0.115. The van der Waals surface area contributed by atoms with E-state index in [-0.39, 0.29) is 4.90 Å². The van der Waals surface area contributed by atoms with Gasteiger partial charge in [0, 0.05) is 6.54 Å². The van der Waals surface area contributed by atoms with Gasteiger partial charge in [-0.15, -0.1) is 0 Å². The molecule has 1 heterocycles. The van der Waals surface area contributed by atoms with Gasteiger partial charge < -0.3 is 4.57 Å². The molecule has 0 spiro atoms. The Hall–Kier alpha value is -2.25. The van der Waals surface area contributed by atoms with Crippen molar-refractivity contribution in [3.63, 3.8) is 0 Å². The summed E-state index contributed by atoms with van der Waals surface area (Å²) in [6.07, 6.45) is 0.890. The smallest absolute Gasteiger partial charge is 0.263 e. The Bertz CT molecular complexity index is 1160. The lowest BCUT2D eigenvalue weighted by atomic mass is 10.0. The number of aromatic nitrogens is 1. The van der Waals surface area contributed by atoms with Gasteiger partial charge in [0.1, 0.15) is 5.75 Å². The Morgan fingerprint density at radius 2 is 1.86 bits per heavy atom. The van der Waals surface area contributed by atoms with E-state index in [1.54, 1.807) is 18.2 Å². The molecular weight excluding hydrogens is 392 g/mol. The first-order valence-corrected chi connectivity index (χ1v) is 11.8. The summed E-state index contributed by atoms with van der Waals surface area (Å²) in [5.74, 6) is -0.872. The van der Waals surface area contributed by atoms with Crippen molar-refractivity contribution in [3.8, 4) is 0 Å². The lowest BCUT2D eigenvalue weighted by Crippen LogP contribution is -2.21. The third kappa shape index (κ3) is 4.42. The van der Waals surface area contributed by atoms with E-state index in [1.165, 1.54) is 29.0 Å². The first-order valence-electron chi connectivity index (χ1n) is 9.30. The number of amides is 1. The minimum atomic E-state index is -3.70. The molecule has 0 aliphatic heterocycles. The average Bonchev–Trinajstić information content (AvgIpc) is 2.98. The Balaban J connectivity index is 2.00. The highest BCUT2D eigenvalue weighted by molar-refractivity contribution is 7.92. The first-order chi connectivity index (χ1) is 13.3. The van der Waals surface area contributed by atoms with E-state index in [0.29, 0.717) is 10.7 Å². The van der Waals surface area contributed by atoms with Crippen LogP contribution in [0.25, 0.3) is 10.2 Å². The fourth-order valence-corrected chi connectivity index (χ4v) is 5.24. The zero-order valence-electron chi connectivity index (χ0n) is 16.3. The standard InChI is InChI=1S/C21H24N2O3S2/c1-4-12-23-18-11-10-16(15(2)3)13-19(18)27-21(23)22-20(24)14-28(25,26)17-8-6-5-7-9-17/h5-11,13,15H,4,12,14H2,1-3H3. The maximum atomic E-state index is 12.5. The number of nitrogens with zero attached hydrogens (tertiary/aromatic N) is 2. The second kappa shape index (κ2) is 8.41. The van der Waals surface area contributed by atoms with Gasteiger partial charge in [0.2, 0.25) is 0 Å². The van der Waals surface area contributed by atoms with Crippen molar-refractivity contribution in [1.82, 2.24) is 4.57 Å². The molecule has 0 unspecified atom stereocenters. The molecule has 0 bridgehead atoms. The highest BCUT2D eigenvalue weighted by Gasteiger charge is 2.19. The summed E-state index contributed by atoms with van der Waals surface area (Å²) >= 11 is 1.43. The Labute approximate surface area is 169 Å². The predicted octanol–water partition coefficient (Wildman–Crippen LogP) is 4.14. The van der Waals surface area contributed by atoms with Crippen molar-refractivity contribution in [2.45, 2.75) is 44.6 Å². The van der Waals surface area contributed by atoms with E-state index >= 15 is 0 Å². The highest BCUT2D eigenvalue weighted by Crippen LogP contribution is 2.23. The van der Waals surface area contributed by atoms with E-state index in [2.05, 4.69) is 44.0 Å². The van der Waals surface area contributed by atoms with E-state index < -0.39 is 21.5 Å². The number of hydrogen-bond acceptors (Lipinski definition) is 4. The average molecular weight is 417 g/mol. The molecule has 0 fully saturated rings. The molecule has 1 aromatic heterocycles. The van der Waals surface area contributed by atoms with Crippen LogP contribution in [0.15, 0.2) is 58.4 Å². The van der Waals surface area contributed by atoms with Gasteiger partial charge >= 0.3 is 0 Å². The van der Waals surface area contributed by atoms with Gasteiger partial charge in [0.05, 0.1) is 15.1 Å². The Morgan fingerprint density at radius 1 is 1.14 bits per heavy atom. The number of sulfone groups is 1. The predicted molar refractivity (Wildman–Crippen MR) is 113 cm³/mol. The van der Waals surface area contributed by atoms with Crippen LogP contribution < -0.4 is 4.80 Å². The summed E-state index contributed by atoms with van der Waals surface area (Å²) in [4.78, 5) is 17.3. The molecule has 0 radical (unpaired) electrons. The molecule has 0 saturated carbocycles. The van der Waals surface area contributed by atoms with Gasteiger partial charge in [0.25, 0.3) is 5.91 Å². The molecule has 1 amide bonds. The van der Waals surface area contributed by atoms with Crippen LogP contribution in [-0.2, 0) is 21.2 Å². The molecule has 0 saturated heterocycles. The second-order valence-electron chi connectivity index (χ2n) is 7.00. The molecule has 0 aliphatic rings. The summed E-state index contributed by atoms with van der Waals surface area (Å²) in [5.41, 5.74) is 2.25. The van der Waals surface area contributed by atoms with E-state index in [9.17, 15) is 13.2 Å². The zero-order valence-corrected chi connectivity index (χ0v) is 17.9. The number of carbonyl (C=O) groups is 1. The molecule has 0 aliphatic carbocycles. The number of thiazole rings is 1. The van der Waals surface area contributed by atoms with Crippen molar-refractivity contribution >= 4 is 37.3 Å². The van der Waals surface area contributed by atoms with E-state index in [1.807, 2.05) is 4.57 Å². The summed E-state index contributed by atoms with van der Waals surface area (Å²) in [5, 5.41) is 0. The van der Waals surface area contributed by atoms with Crippen LogP contribution in [-0.4, -0.2) is 24.6 Å². The van der Waals surface area contributed by atoms with Crippen LogP contribution in [0.2, 0.25) is 0 Å². The molecule has 28 heavy (non-hydrogen) atoms. The molecule has 5 nitrogen and oxygen atoms in total. The van der Waals surface area contributed by atoms with Crippen LogP contribution in [0.3, 0.4) is 0 Å². The Kier molecular flexibility index (Phi) is 6.15. The number of hydrogen-bond donors (Lipinski definition) is 0. The van der Waals surface area contributed by atoms with Crippen molar-refractivity contribution in [2.24, 2.45) is 4.99 Å². The van der Waals surface area contributed by atoms with Crippen LogP contribution in [0.4, 0.5) is 0 Å². The van der Waals surface area contributed by atoms with Crippen molar-refractivity contribution < 1.29 is 13.2 Å². The number of fused-ring (bicyclic) bond motifs is 1. The summed E-state index contributed by atoms with van der Waals surface area (Å²) in [7, 11) is -3.70. The lowest BCUT2D eigenvalue weighted by Gasteiger charge is -2.06. The van der Waals surface area contributed by atoms with Gasteiger partial charge in [-0.1, -0.05) is 56.4 Å². The van der Waals surface area contributed by atoms with E-state index in [4.69, 9.17) is 0 Å². The van der Waals surface area contributed by atoms with Gasteiger partial charge in [-0.2, -0.15) is 4.99 Å². The number of rotatable bonds is 6. The summed E-state index contributed by atoms with van der Waals surface area (Å²) in [6.45, 7) is 7.05. The molecule has 0 atom stereocenters. The van der Waals surface area contributed by atoms with Crippen molar-refractivity contribution in [1.29, 1.82) is 0 Å². The molecule has 2 aromatic carbocycles. The zero-order chi connectivity index (χ0) is 20.3. The fourth-order valence-electron chi connectivity index (χ4n) is 2.99. The van der Waals surface area contributed by atoms with E-state index in [0.717, 1.165) is 23.2 Å². The minimum absolute atomic E-state index is 0.137. The topological polar surface area (TPSA) is 68.5 Å². The van der Waals surface area contributed by atoms with Gasteiger partial charge in [-0.05, 0) is 42.2 Å². The molecule has 3 rings (SSSR count). The third-order valence-corrected chi connectivity index (χ3v) is 7.12. The summed E-state index contributed by atoms with van der Waals surface area (Å²) < 4.78 is 28.0. The van der Waals surface area contributed by atoms with Crippen LogP contribution >= 0.6 is 11.3 Å². The van der Waals surface area contributed by atoms with Gasteiger partial charge in [-0.25, -0.2) is 8.42 Å². The fraction of sp³-hybridized carbons (Fsp3) is 0.333. The highest BCUT2D eigenvalue weighted by atomic mass is 32.2. The van der Waals surface area contributed by atoms with Crippen LogP contribution in [0, 0.1) is 0 Å². The summed E-state index contributed by atoms with van der Waals surface area (Å²) in [6, 6.07) is 14.3. The van der Waals surface area contributed by atoms with Crippen molar-refractivity contribution in [2.75, 3.05) is 5.75 Å². The van der Waals surface area contributed by atoms with Crippen LogP contribution in [0.1, 0.15) is 38.7 Å². The maximum absolute atomic E-state index is 12.5.